The van der Waals surface area contributed by atoms with Crippen LogP contribution in [0.4, 0.5) is 9.18 Å². The predicted octanol–water partition coefficient (Wildman–Crippen LogP) is 1.89. The average Bonchev–Trinajstić information content (AvgIpc) is 2.56. The van der Waals surface area contributed by atoms with Crippen LogP contribution in [0.2, 0.25) is 0 Å². The Labute approximate surface area is 136 Å². The highest BCUT2D eigenvalue weighted by atomic mass is 19.1. The van der Waals surface area contributed by atoms with E-state index in [-0.39, 0.29) is 12.6 Å². The average molecular weight is 321 g/mol. The van der Waals surface area contributed by atoms with Crippen molar-refractivity contribution < 1.29 is 14.3 Å². The lowest BCUT2D eigenvalue weighted by molar-refractivity contribution is 0.00986. The largest absolute Gasteiger partial charge is 0.465 e. The van der Waals surface area contributed by atoms with Crippen molar-refractivity contribution in [3.63, 3.8) is 0 Å². The van der Waals surface area contributed by atoms with Gasteiger partial charge in [0.25, 0.3) is 0 Å². The van der Waals surface area contributed by atoms with Crippen LogP contribution in [0, 0.1) is 0 Å². The molecule has 2 aliphatic heterocycles. The molecule has 2 heterocycles. The van der Waals surface area contributed by atoms with Gasteiger partial charge in [0, 0.05) is 45.3 Å². The third-order valence-corrected chi connectivity index (χ3v) is 4.90. The number of benzene rings is 1. The van der Waals surface area contributed by atoms with Crippen molar-refractivity contribution in [3.05, 3.63) is 35.9 Å². The Morgan fingerprint density at radius 2 is 1.83 bits per heavy atom. The first-order chi connectivity index (χ1) is 11.1. The lowest BCUT2D eigenvalue weighted by Gasteiger charge is -2.43. The first-order valence-electron chi connectivity index (χ1n) is 8.26. The first-order valence-corrected chi connectivity index (χ1v) is 8.26. The number of hydrogen-bond acceptors (Lipinski definition) is 3. The van der Waals surface area contributed by atoms with E-state index in [2.05, 4.69) is 34.1 Å². The summed E-state index contributed by atoms with van der Waals surface area (Å²) in [5.74, 6) is 0. The Kier molecular flexibility index (Phi) is 5.13. The van der Waals surface area contributed by atoms with Gasteiger partial charge in [0.05, 0.1) is 6.54 Å². The molecule has 1 aromatic carbocycles. The molecule has 1 unspecified atom stereocenters. The smallest absolute Gasteiger partial charge is 0.407 e. The molecular weight excluding hydrogens is 297 g/mol. The molecule has 0 aliphatic carbocycles. The molecule has 0 aromatic heterocycles. The summed E-state index contributed by atoms with van der Waals surface area (Å²) in [5.41, 5.74) is 1.30. The fourth-order valence-electron chi connectivity index (χ4n) is 3.57. The van der Waals surface area contributed by atoms with Gasteiger partial charge in [-0.3, -0.25) is 9.80 Å². The molecule has 5 nitrogen and oxygen atoms in total. The summed E-state index contributed by atoms with van der Waals surface area (Å²) in [4.78, 5) is 16.7. The molecule has 6 heteroatoms. The number of carbonyl (C=O) groups is 1. The van der Waals surface area contributed by atoms with Crippen LogP contribution >= 0.6 is 0 Å². The Balaban J connectivity index is 1.48. The number of likely N-dealkylation sites (tertiary alicyclic amines) is 1. The Morgan fingerprint density at radius 1 is 1.13 bits per heavy atom. The number of alkyl halides is 1. The van der Waals surface area contributed by atoms with E-state index >= 15 is 0 Å². The van der Waals surface area contributed by atoms with E-state index in [0.29, 0.717) is 13.0 Å². The second kappa shape index (κ2) is 7.27. The second-order valence-electron chi connectivity index (χ2n) is 6.40. The van der Waals surface area contributed by atoms with Gasteiger partial charge in [-0.1, -0.05) is 30.3 Å². The van der Waals surface area contributed by atoms with Crippen LogP contribution in [0.15, 0.2) is 30.3 Å². The number of carboxylic acid groups (broad SMARTS) is 1. The topological polar surface area (TPSA) is 47.0 Å². The van der Waals surface area contributed by atoms with E-state index in [1.807, 2.05) is 6.07 Å². The molecule has 3 rings (SSSR count). The number of hydrogen-bond donors (Lipinski definition) is 1. The number of rotatable bonds is 3. The maximum Gasteiger partial charge on any atom is 0.407 e. The number of halogens is 1. The van der Waals surface area contributed by atoms with Gasteiger partial charge < -0.3 is 10.0 Å². The quantitative estimate of drug-likeness (QED) is 0.924. The summed E-state index contributed by atoms with van der Waals surface area (Å²) < 4.78 is 14.3. The minimum atomic E-state index is -1.08. The van der Waals surface area contributed by atoms with Crippen LogP contribution in [0.5, 0.6) is 0 Å². The summed E-state index contributed by atoms with van der Waals surface area (Å²) in [5, 5.41) is 8.97. The molecule has 0 spiro atoms. The van der Waals surface area contributed by atoms with Gasteiger partial charge in [0.1, 0.15) is 6.17 Å². The summed E-state index contributed by atoms with van der Waals surface area (Å²) >= 11 is 0. The van der Waals surface area contributed by atoms with E-state index in [1.165, 1.54) is 10.5 Å². The predicted molar refractivity (Wildman–Crippen MR) is 86.2 cm³/mol. The van der Waals surface area contributed by atoms with Gasteiger partial charge in [-0.25, -0.2) is 9.18 Å². The van der Waals surface area contributed by atoms with Crippen LogP contribution < -0.4 is 0 Å². The van der Waals surface area contributed by atoms with E-state index in [4.69, 9.17) is 5.11 Å². The fourth-order valence-corrected chi connectivity index (χ4v) is 3.57. The first kappa shape index (κ1) is 16.2. The second-order valence-corrected chi connectivity index (χ2v) is 6.40. The third-order valence-electron chi connectivity index (χ3n) is 4.90. The molecule has 126 valence electrons. The van der Waals surface area contributed by atoms with Crippen molar-refractivity contribution in [3.8, 4) is 0 Å². The molecule has 2 saturated heterocycles. The normalized spacial score (nSPS) is 27.1. The SMILES string of the molecule is O=C(O)N1CC[C@H](N2CCN(Cc3ccccc3)CC2)C(F)C1. The van der Waals surface area contributed by atoms with E-state index < -0.39 is 12.3 Å². The monoisotopic (exact) mass is 321 g/mol. The molecule has 2 fully saturated rings. The molecule has 1 amide bonds. The van der Waals surface area contributed by atoms with E-state index in [0.717, 1.165) is 32.7 Å². The zero-order valence-corrected chi connectivity index (χ0v) is 13.3. The Bertz CT molecular complexity index is 520. The highest BCUT2D eigenvalue weighted by Gasteiger charge is 2.36. The number of piperazine rings is 1. The lowest BCUT2D eigenvalue weighted by Crippen LogP contribution is -2.58. The molecule has 0 radical (unpaired) electrons. The summed E-state index contributed by atoms with van der Waals surface area (Å²) in [7, 11) is 0. The van der Waals surface area contributed by atoms with Crippen LogP contribution in [0.3, 0.4) is 0 Å². The third kappa shape index (κ3) is 4.00. The van der Waals surface area contributed by atoms with Gasteiger partial charge >= 0.3 is 6.09 Å². The summed E-state index contributed by atoms with van der Waals surface area (Å²) in [6, 6.07) is 10.2. The highest BCUT2D eigenvalue weighted by Crippen LogP contribution is 2.21. The Morgan fingerprint density at radius 3 is 2.43 bits per heavy atom. The number of nitrogens with zero attached hydrogens (tertiary/aromatic N) is 3. The van der Waals surface area contributed by atoms with Crippen molar-refractivity contribution in [2.24, 2.45) is 0 Å². The van der Waals surface area contributed by atoms with Gasteiger partial charge in [-0.2, -0.15) is 0 Å². The number of amides is 1. The number of piperidine rings is 1. The van der Waals surface area contributed by atoms with Gasteiger partial charge in [0.2, 0.25) is 0 Å². The van der Waals surface area contributed by atoms with Gasteiger partial charge in [0.15, 0.2) is 0 Å². The highest BCUT2D eigenvalue weighted by molar-refractivity contribution is 5.65. The molecule has 0 saturated carbocycles. The molecule has 0 bridgehead atoms. The molecule has 23 heavy (non-hydrogen) atoms. The van der Waals surface area contributed by atoms with Crippen LogP contribution in [0.1, 0.15) is 12.0 Å². The standard InChI is InChI=1S/C17H24FN3O2/c18-15-13-21(17(22)23)7-6-16(15)20-10-8-19(9-11-20)12-14-4-2-1-3-5-14/h1-5,15-16H,6-13H2,(H,22,23)/t15?,16-/m0/s1. The van der Waals surface area contributed by atoms with Crippen LogP contribution in [-0.2, 0) is 6.54 Å². The van der Waals surface area contributed by atoms with Crippen molar-refractivity contribution in [1.82, 2.24) is 14.7 Å². The minimum Gasteiger partial charge on any atom is -0.465 e. The molecular formula is C17H24FN3O2. The summed E-state index contributed by atoms with van der Waals surface area (Å²) in [6.07, 6.45) is -1.51. The molecule has 1 aromatic rings. The molecule has 1 N–H and O–H groups in total. The summed E-state index contributed by atoms with van der Waals surface area (Å²) in [6.45, 7) is 4.94. The van der Waals surface area contributed by atoms with Gasteiger partial charge in [-0.15, -0.1) is 0 Å². The van der Waals surface area contributed by atoms with Crippen molar-refractivity contribution in [2.45, 2.75) is 25.2 Å². The van der Waals surface area contributed by atoms with E-state index in [1.54, 1.807) is 0 Å². The molecule has 2 atom stereocenters. The maximum absolute atomic E-state index is 14.3. The van der Waals surface area contributed by atoms with Gasteiger partial charge in [-0.05, 0) is 12.0 Å². The van der Waals surface area contributed by atoms with E-state index in [9.17, 15) is 9.18 Å². The fraction of sp³-hybridized carbons (Fsp3) is 0.588. The molecule has 2 aliphatic rings. The zero-order chi connectivity index (χ0) is 16.2. The van der Waals surface area contributed by atoms with Crippen LogP contribution in [-0.4, -0.2) is 77.4 Å². The van der Waals surface area contributed by atoms with Crippen molar-refractivity contribution in [1.29, 1.82) is 0 Å². The minimum absolute atomic E-state index is 0.00420. The lowest BCUT2D eigenvalue weighted by atomic mass is 10.0. The zero-order valence-electron chi connectivity index (χ0n) is 13.3. The van der Waals surface area contributed by atoms with Crippen molar-refractivity contribution >= 4 is 6.09 Å². The Hall–Kier alpha value is -1.66. The maximum atomic E-state index is 14.3. The van der Waals surface area contributed by atoms with Crippen molar-refractivity contribution in [2.75, 3.05) is 39.3 Å². The van der Waals surface area contributed by atoms with Crippen LogP contribution in [0.25, 0.3) is 0 Å².